The van der Waals surface area contributed by atoms with E-state index in [0.717, 1.165) is 32.0 Å². The van der Waals surface area contributed by atoms with E-state index in [9.17, 15) is 0 Å². The molecule has 0 radical (unpaired) electrons. The van der Waals surface area contributed by atoms with E-state index in [1.54, 1.807) is 23.8 Å². The molecule has 0 aliphatic heterocycles. The minimum absolute atomic E-state index is 0.884. The van der Waals surface area contributed by atoms with Crippen molar-refractivity contribution in [2.45, 2.75) is 13.8 Å². The normalized spacial score (nSPS) is 11.6. The molecule has 4 nitrogen and oxygen atoms in total. The van der Waals surface area contributed by atoms with Gasteiger partial charge in [-0.1, -0.05) is 0 Å². The molecule has 102 valence electrons. The van der Waals surface area contributed by atoms with Crippen molar-refractivity contribution in [3.8, 4) is 6.07 Å². The predicted molar refractivity (Wildman–Crippen MR) is 85.6 cm³/mol. The van der Waals surface area contributed by atoms with Crippen LogP contribution in [0, 0.1) is 25.2 Å². The van der Waals surface area contributed by atoms with Gasteiger partial charge in [0.05, 0.1) is 23.0 Å². The molecule has 2 rings (SSSR count). The van der Waals surface area contributed by atoms with Crippen molar-refractivity contribution in [1.82, 2.24) is 9.88 Å². The third-order valence-electron chi connectivity index (χ3n) is 2.72. The van der Waals surface area contributed by atoms with Gasteiger partial charge >= 0.3 is 0 Å². The molecule has 0 saturated heterocycles. The zero-order valence-electron chi connectivity index (χ0n) is 12.0. The van der Waals surface area contributed by atoms with Gasteiger partial charge in [0.25, 0.3) is 0 Å². The molecule has 0 spiro atoms. The molecule has 0 atom stereocenters. The van der Waals surface area contributed by atoms with Gasteiger partial charge in [-0.05, 0) is 31.6 Å². The van der Waals surface area contributed by atoms with Crippen LogP contribution in [0.1, 0.15) is 16.1 Å². The largest absolute Gasteiger partial charge is 0.369 e. The predicted octanol–water partition coefficient (Wildman–Crippen LogP) is 3.67. The van der Waals surface area contributed by atoms with E-state index < -0.39 is 0 Å². The molecule has 0 N–H and O–H groups in total. The zero-order chi connectivity index (χ0) is 14.7. The molecule has 0 aliphatic carbocycles. The average Bonchev–Trinajstić information content (AvgIpc) is 2.71. The molecule has 0 bridgehead atoms. The topological polar surface area (TPSA) is 52.3 Å². The van der Waals surface area contributed by atoms with E-state index in [1.165, 1.54) is 6.08 Å². The number of aliphatic imine (C=N–C) groups is 1. The van der Waals surface area contributed by atoms with E-state index >= 15 is 0 Å². The van der Waals surface area contributed by atoms with Gasteiger partial charge in [-0.15, -0.1) is 11.3 Å². The van der Waals surface area contributed by atoms with Crippen LogP contribution < -0.4 is 0 Å². The number of thiophene rings is 1. The number of fused-ring (bicyclic) bond motifs is 1. The minimum Gasteiger partial charge on any atom is -0.369 e. The summed E-state index contributed by atoms with van der Waals surface area (Å²) in [5.41, 5.74) is 3.04. The van der Waals surface area contributed by atoms with Crippen LogP contribution in [0.3, 0.4) is 0 Å². The standard InChI is InChI=1S/C15H16N4S/c1-10-8-11(2)18-15-13(10)14(17-9-19(3)4)12(20-15)6-5-7-16/h5-6,8-9H,1-4H3. The Bertz CT molecular complexity index is 732. The summed E-state index contributed by atoms with van der Waals surface area (Å²) in [7, 11) is 3.86. The Hall–Kier alpha value is -2.19. The fourth-order valence-electron chi connectivity index (χ4n) is 1.97. The first-order chi connectivity index (χ1) is 9.52. The Morgan fingerprint density at radius 2 is 2.15 bits per heavy atom. The van der Waals surface area contributed by atoms with Gasteiger partial charge in [-0.3, -0.25) is 0 Å². The maximum atomic E-state index is 8.72. The summed E-state index contributed by atoms with van der Waals surface area (Å²) in [4.78, 5) is 12.9. The quantitative estimate of drug-likeness (QED) is 0.491. The number of rotatable bonds is 3. The van der Waals surface area contributed by atoms with E-state index in [2.05, 4.69) is 23.0 Å². The Labute approximate surface area is 122 Å². The van der Waals surface area contributed by atoms with Gasteiger partial charge in [0.15, 0.2) is 0 Å². The van der Waals surface area contributed by atoms with Crippen LogP contribution in [0.4, 0.5) is 5.69 Å². The van der Waals surface area contributed by atoms with E-state index in [4.69, 9.17) is 5.26 Å². The number of aryl methyl sites for hydroxylation is 2. The summed E-state index contributed by atoms with van der Waals surface area (Å²) in [6, 6.07) is 4.08. The first-order valence-electron chi connectivity index (χ1n) is 6.20. The summed E-state index contributed by atoms with van der Waals surface area (Å²) in [5, 5.41) is 9.78. The molecule has 2 aromatic rings. The molecule has 5 heteroatoms. The third kappa shape index (κ3) is 2.86. The van der Waals surface area contributed by atoms with Crippen LogP contribution in [0.2, 0.25) is 0 Å². The monoisotopic (exact) mass is 284 g/mol. The average molecular weight is 284 g/mol. The van der Waals surface area contributed by atoms with E-state index in [-0.39, 0.29) is 0 Å². The lowest BCUT2D eigenvalue weighted by molar-refractivity contribution is 0.643. The lowest BCUT2D eigenvalue weighted by Crippen LogP contribution is -2.07. The van der Waals surface area contributed by atoms with Crippen molar-refractivity contribution >= 4 is 39.7 Å². The van der Waals surface area contributed by atoms with E-state index in [1.807, 2.05) is 32.0 Å². The number of allylic oxidation sites excluding steroid dienone is 1. The first-order valence-corrected chi connectivity index (χ1v) is 7.02. The Morgan fingerprint density at radius 1 is 1.40 bits per heavy atom. The summed E-state index contributed by atoms with van der Waals surface area (Å²) < 4.78 is 0. The van der Waals surface area contributed by atoms with Crippen molar-refractivity contribution in [3.63, 3.8) is 0 Å². The second-order valence-electron chi connectivity index (χ2n) is 4.75. The highest BCUT2D eigenvalue weighted by Crippen LogP contribution is 2.39. The lowest BCUT2D eigenvalue weighted by atomic mass is 10.1. The van der Waals surface area contributed by atoms with Crippen LogP contribution in [0.25, 0.3) is 16.3 Å². The third-order valence-corrected chi connectivity index (χ3v) is 3.75. The number of nitrogens with zero attached hydrogens (tertiary/aromatic N) is 4. The SMILES string of the molecule is Cc1cc(C)c2c(N=CN(C)C)c(C=CC#N)sc2n1. The highest BCUT2D eigenvalue weighted by atomic mass is 32.1. The van der Waals surface area contributed by atoms with Crippen LogP contribution in [-0.4, -0.2) is 30.3 Å². The van der Waals surface area contributed by atoms with Crippen molar-refractivity contribution in [2.24, 2.45) is 4.99 Å². The van der Waals surface area contributed by atoms with Crippen molar-refractivity contribution < 1.29 is 0 Å². The van der Waals surface area contributed by atoms with Crippen molar-refractivity contribution in [1.29, 1.82) is 5.26 Å². The smallest absolute Gasteiger partial charge is 0.126 e. The number of hydrogen-bond acceptors (Lipinski definition) is 4. The summed E-state index contributed by atoms with van der Waals surface area (Å²) >= 11 is 1.56. The van der Waals surface area contributed by atoms with Crippen molar-refractivity contribution in [3.05, 3.63) is 28.3 Å². The lowest BCUT2D eigenvalue weighted by Gasteiger charge is -2.04. The van der Waals surface area contributed by atoms with Crippen LogP contribution >= 0.6 is 11.3 Å². The zero-order valence-corrected chi connectivity index (χ0v) is 12.8. The Morgan fingerprint density at radius 3 is 2.80 bits per heavy atom. The Kier molecular flexibility index (Phi) is 4.16. The molecule has 20 heavy (non-hydrogen) atoms. The molecule has 0 fully saturated rings. The number of hydrogen-bond donors (Lipinski definition) is 0. The van der Waals surface area contributed by atoms with Gasteiger partial charge in [0.2, 0.25) is 0 Å². The molecule has 0 saturated carbocycles. The number of pyridine rings is 1. The van der Waals surface area contributed by atoms with Gasteiger partial charge < -0.3 is 4.90 Å². The molecule has 2 aromatic heterocycles. The summed E-state index contributed by atoms with van der Waals surface area (Å²) in [5.74, 6) is 0. The van der Waals surface area contributed by atoms with Crippen LogP contribution in [-0.2, 0) is 0 Å². The van der Waals surface area contributed by atoms with Crippen LogP contribution in [0.15, 0.2) is 17.1 Å². The van der Waals surface area contributed by atoms with Gasteiger partial charge in [0, 0.05) is 31.3 Å². The summed E-state index contributed by atoms with van der Waals surface area (Å²) in [6.45, 7) is 4.05. The second kappa shape index (κ2) is 5.85. The molecule has 0 aliphatic rings. The maximum Gasteiger partial charge on any atom is 0.126 e. The summed E-state index contributed by atoms with van der Waals surface area (Å²) in [6.07, 6.45) is 5.04. The first kappa shape index (κ1) is 14.2. The number of nitriles is 1. The van der Waals surface area contributed by atoms with Gasteiger partial charge in [-0.25, -0.2) is 9.98 Å². The second-order valence-corrected chi connectivity index (χ2v) is 5.78. The molecule has 0 aromatic carbocycles. The van der Waals surface area contributed by atoms with Crippen molar-refractivity contribution in [2.75, 3.05) is 14.1 Å². The highest BCUT2D eigenvalue weighted by molar-refractivity contribution is 7.20. The molecule has 0 amide bonds. The fourth-order valence-corrected chi connectivity index (χ4v) is 3.11. The van der Waals surface area contributed by atoms with Gasteiger partial charge in [-0.2, -0.15) is 5.26 Å². The molecule has 2 heterocycles. The maximum absolute atomic E-state index is 8.72. The Balaban J connectivity index is 2.72. The molecule has 0 unspecified atom stereocenters. The number of aromatic nitrogens is 1. The minimum atomic E-state index is 0.884. The highest BCUT2D eigenvalue weighted by Gasteiger charge is 2.13. The van der Waals surface area contributed by atoms with E-state index in [0.29, 0.717) is 0 Å². The fraction of sp³-hybridized carbons (Fsp3) is 0.267. The molecular formula is C15H16N4S. The van der Waals surface area contributed by atoms with Gasteiger partial charge in [0.1, 0.15) is 4.83 Å². The van der Waals surface area contributed by atoms with Crippen LogP contribution in [0.5, 0.6) is 0 Å². The molecular weight excluding hydrogens is 268 g/mol.